The molecule has 20 heavy (non-hydrogen) atoms. The Balaban J connectivity index is 2.01. The lowest BCUT2D eigenvalue weighted by atomic mass is 10.3. The number of rotatable bonds is 2. The first-order valence-electron chi connectivity index (χ1n) is 6.22. The average molecular weight is 299 g/mol. The van der Waals surface area contributed by atoms with Crippen molar-refractivity contribution in [1.29, 1.82) is 0 Å². The standard InChI is InChI=1S/C13H15ClN2O4/c1-8(14)12(17)16-13(18)15-9-3-4-10-11(7-9)20-6-2-5-19-10/h3-4,7-8H,2,5-6H2,1H3,(H2,15,16,17,18). The molecule has 0 aliphatic carbocycles. The van der Waals surface area contributed by atoms with Crippen molar-refractivity contribution in [3.05, 3.63) is 18.2 Å². The molecule has 2 N–H and O–H groups in total. The number of nitrogens with one attached hydrogen (secondary N) is 2. The summed E-state index contributed by atoms with van der Waals surface area (Å²) in [6, 6.07) is 4.38. The molecule has 108 valence electrons. The molecule has 0 radical (unpaired) electrons. The number of ether oxygens (including phenoxy) is 2. The van der Waals surface area contributed by atoms with Crippen LogP contribution < -0.4 is 20.1 Å². The van der Waals surface area contributed by atoms with Crippen LogP contribution in [0.25, 0.3) is 0 Å². The molecule has 3 amide bonds. The maximum Gasteiger partial charge on any atom is 0.325 e. The average Bonchev–Trinajstić information content (AvgIpc) is 2.63. The summed E-state index contributed by atoms with van der Waals surface area (Å²) in [7, 11) is 0. The zero-order valence-electron chi connectivity index (χ0n) is 10.9. The van der Waals surface area contributed by atoms with E-state index in [1.165, 1.54) is 6.92 Å². The van der Waals surface area contributed by atoms with E-state index in [1.807, 2.05) is 0 Å². The van der Waals surface area contributed by atoms with E-state index < -0.39 is 17.3 Å². The summed E-state index contributed by atoms with van der Waals surface area (Å²) < 4.78 is 11.0. The molecule has 1 aromatic rings. The smallest absolute Gasteiger partial charge is 0.325 e. The Labute approximate surface area is 121 Å². The number of hydrogen-bond donors (Lipinski definition) is 2. The lowest BCUT2D eigenvalue weighted by Gasteiger charge is -2.11. The second-order valence-electron chi connectivity index (χ2n) is 4.27. The molecule has 0 spiro atoms. The third kappa shape index (κ3) is 3.77. The number of carbonyl (C=O) groups excluding carboxylic acids is 2. The minimum absolute atomic E-state index is 0.502. The predicted molar refractivity (Wildman–Crippen MR) is 74.5 cm³/mol. The van der Waals surface area contributed by atoms with Crippen molar-refractivity contribution in [3.63, 3.8) is 0 Å². The lowest BCUT2D eigenvalue weighted by Crippen LogP contribution is -2.38. The number of imide groups is 1. The largest absolute Gasteiger partial charge is 0.490 e. The van der Waals surface area contributed by atoms with E-state index in [2.05, 4.69) is 10.6 Å². The molecule has 2 rings (SSSR count). The third-order valence-electron chi connectivity index (χ3n) is 2.60. The molecule has 0 saturated heterocycles. The van der Waals surface area contributed by atoms with Crippen LogP contribution in [-0.2, 0) is 4.79 Å². The first kappa shape index (κ1) is 14.5. The van der Waals surface area contributed by atoms with E-state index in [0.29, 0.717) is 30.4 Å². The number of benzene rings is 1. The Bertz CT molecular complexity index is 519. The van der Waals surface area contributed by atoms with Crippen LogP contribution >= 0.6 is 11.6 Å². The molecule has 1 unspecified atom stereocenters. The van der Waals surface area contributed by atoms with Crippen LogP contribution in [0.1, 0.15) is 13.3 Å². The van der Waals surface area contributed by atoms with Gasteiger partial charge in [-0.1, -0.05) is 0 Å². The van der Waals surface area contributed by atoms with Gasteiger partial charge in [-0.05, 0) is 19.1 Å². The van der Waals surface area contributed by atoms with E-state index in [4.69, 9.17) is 21.1 Å². The van der Waals surface area contributed by atoms with Crippen molar-refractivity contribution in [2.75, 3.05) is 18.5 Å². The van der Waals surface area contributed by atoms with Gasteiger partial charge in [0.25, 0.3) is 0 Å². The lowest BCUT2D eigenvalue weighted by molar-refractivity contribution is -0.119. The Morgan fingerprint density at radius 1 is 1.25 bits per heavy atom. The van der Waals surface area contributed by atoms with Crippen LogP contribution in [-0.4, -0.2) is 30.5 Å². The van der Waals surface area contributed by atoms with Gasteiger partial charge in [0, 0.05) is 18.2 Å². The van der Waals surface area contributed by atoms with Crippen LogP contribution in [0.15, 0.2) is 18.2 Å². The Morgan fingerprint density at radius 3 is 2.65 bits per heavy atom. The maximum absolute atomic E-state index is 11.6. The molecule has 1 heterocycles. The highest BCUT2D eigenvalue weighted by atomic mass is 35.5. The maximum atomic E-state index is 11.6. The fourth-order valence-corrected chi connectivity index (χ4v) is 1.67. The molecule has 1 aromatic carbocycles. The number of alkyl halides is 1. The van der Waals surface area contributed by atoms with E-state index >= 15 is 0 Å². The van der Waals surface area contributed by atoms with Crippen molar-refractivity contribution in [2.45, 2.75) is 18.7 Å². The number of anilines is 1. The first-order valence-corrected chi connectivity index (χ1v) is 6.65. The summed E-state index contributed by atoms with van der Waals surface area (Å²) in [5, 5.41) is 3.89. The van der Waals surface area contributed by atoms with Crippen LogP contribution in [0.3, 0.4) is 0 Å². The number of urea groups is 1. The van der Waals surface area contributed by atoms with Crippen molar-refractivity contribution in [2.24, 2.45) is 0 Å². The molecule has 1 aliphatic heterocycles. The zero-order chi connectivity index (χ0) is 14.5. The fraction of sp³-hybridized carbons (Fsp3) is 0.385. The first-order chi connectivity index (χ1) is 9.56. The summed E-state index contributed by atoms with van der Waals surface area (Å²) >= 11 is 5.56. The van der Waals surface area contributed by atoms with Crippen LogP contribution in [0.5, 0.6) is 11.5 Å². The Morgan fingerprint density at radius 2 is 1.95 bits per heavy atom. The zero-order valence-corrected chi connectivity index (χ0v) is 11.7. The second kappa shape index (κ2) is 6.47. The van der Waals surface area contributed by atoms with Crippen LogP contribution in [0, 0.1) is 0 Å². The van der Waals surface area contributed by atoms with Gasteiger partial charge in [-0.3, -0.25) is 10.1 Å². The predicted octanol–water partition coefficient (Wildman–Crippen LogP) is 2.12. The van der Waals surface area contributed by atoms with Gasteiger partial charge in [-0.2, -0.15) is 0 Å². The molecule has 1 atom stereocenters. The number of fused-ring (bicyclic) bond motifs is 1. The van der Waals surface area contributed by atoms with Gasteiger partial charge in [0.05, 0.1) is 13.2 Å². The quantitative estimate of drug-likeness (QED) is 0.820. The number of halogens is 1. The number of carbonyl (C=O) groups is 2. The highest BCUT2D eigenvalue weighted by molar-refractivity contribution is 6.31. The molecule has 0 saturated carbocycles. The molecule has 1 aliphatic rings. The fourth-order valence-electron chi connectivity index (χ4n) is 1.61. The van der Waals surface area contributed by atoms with Gasteiger partial charge in [0.15, 0.2) is 11.5 Å². The van der Waals surface area contributed by atoms with Gasteiger partial charge in [-0.15, -0.1) is 11.6 Å². The molecule has 0 fully saturated rings. The van der Waals surface area contributed by atoms with E-state index in [0.717, 1.165) is 6.42 Å². The minimum Gasteiger partial charge on any atom is -0.490 e. The molecule has 7 heteroatoms. The monoisotopic (exact) mass is 298 g/mol. The molecule has 0 aromatic heterocycles. The van der Waals surface area contributed by atoms with Gasteiger partial charge in [0.1, 0.15) is 5.38 Å². The van der Waals surface area contributed by atoms with Crippen LogP contribution in [0.4, 0.5) is 10.5 Å². The van der Waals surface area contributed by atoms with Gasteiger partial charge in [0.2, 0.25) is 5.91 Å². The van der Waals surface area contributed by atoms with Crippen LogP contribution in [0.2, 0.25) is 0 Å². The molecule has 0 bridgehead atoms. The van der Waals surface area contributed by atoms with E-state index in [-0.39, 0.29) is 0 Å². The summed E-state index contributed by atoms with van der Waals surface area (Å²) in [6.07, 6.45) is 0.806. The van der Waals surface area contributed by atoms with Gasteiger partial charge >= 0.3 is 6.03 Å². The summed E-state index contributed by atoms with van der Waals surface area (Å²) in [4.78, 5) is 22.9. The Hall–Kier alpha value is -1.95. The highest BCUT2D eigenvalue weighted by Gasteiger charge is 2.15. The second-order valence-corrected chi connectivity index (χ2v) is 4.93. The molecular weight excluding hydrogens is 284 g/mol. The van der Waals surface area contributed by atoms with Crippen molar-refractivity contribution >= 4 is 29.2 Å². The Kier molecular flexibility index (Phi) is 4.68. The summed E-state index contributed by atoms with van der Waals surface area (Å²) in [5.74, 6) is 0.648. The summed E-state index contributed by atoms with van der Waals surface area (Å²) in [5.41, 5.74) is 0.502. The van der Waals surface area contributed by atoms with E-state index in [9.17, 15) is 9.59 Å². The molecular formula is C13H15ClN2O4. The van der Waals surface area contributed by atoms with E-state index in [1.54, 1.807) is 18.2 Å². The third-order valence-corrected chi connectivity index (χ3v) is 2.80. The van der Waals surface area contributed by atoms with Crippen molar-refractivity contribution in [1.82, 2.24) is 5.32 Å². The summed E-state index contributed by atoms with van der Waals surface area (Å²) in [6.45, 7) is 2.64. The topological polar surface area (TPSA) is 76.7 Å². The van der Waals surface area contributed by atoms with Crippen molar-refractivity contribution in [3.8, 4) is 11.5 Å². The number of amides is 3. The van der Waals surface area contributed by atoms with Gasteiger partial charge < -0.3 is 14.8 Å². The van der Waals surface area contributed by atoms with Crippen molar-refractivity contribution < 1.29 is 19.1 Å². The highest BCUT2D eigenvalue weighted by Crippen LogP contribution is 2.32. The normalized spacial score (nSPS) is 14.9. The minimum atomic E-state index is -0.774. The SMILES string of the molecule is CC(Cl)C(=O)NC(=O)Nc1ccc2c(c1)OCCCO2. The number of hydrogen-bond acceptors (Lipinski definition) is 4. The molecule has 6 nitrogen and oxygen atoms in total. The van der Waals surface area contributed by atoms with Gasteiger partial charge in [-0.25, -0.2) is 4.79 Å².